The van der Waals surface area contributed by atoms with E-state index in [2.05, 4.69) is 24.2 Å². The Bertz CT molecular complexity index is 233. The first-order valence-corrected chi connectivity index (χ1v) is 6.78. The minimum absolute atomic E-state index is 0.335. The second-order valence-electron chi connectivity index (χ2n) is 5.06. The lowest BCUT2D eigenvalue weighted by Crippen LogP contribution is -2.31. The Morgan fingerprint density at radius 2 is 2.29 bits per heavy atom. The molecule has 1 amide bonds. The van der Waals surface area contributed by atoms with Crippen molar-refractivity contribution in [3.63, 3.8) is 0 Å². The summed E-state index contributed by atoms with van der Waals surface area (Å²) in [5.74, 6) is 1.01. The van der Waals surface area contributed by atoms with Gasteiger partial charge in [-0.25, -0.2) is 0 Å². The van der Waals surface area contributed by atoms with Gasteiger partial charge in [0.2, 0.25) is 5.91 Å². The van der Waals surface area contributed by atoms with E-state index < -0.39 is 0 Å². The SMILES string of the molecule is CCN(C)CC1CCN(C(=O)CCCNC)C1. The Balaban J connectivity index is 2.22. The van der Waals surface area contributed by atoms with Gasteiger partial charge in [-0.1, -0.05) is 6.92 Å². The van der Waals surface area contributed by atoms with Crippen LogP contribution in [-0.4, -0.2) is 62.5 Å². The number of nitrogens with one attached hydrogen (secondary N) is 1. The molecule has 0 aromatic heterocycles. The van der Waals surface area contributed by atoms with Gasteiger partial charge in [-0.05, 0) is 45.9 Å². The molecule has 0 aromatic rings. The molecular formula is C13H27N3O. The van der Waals surface area contributed by atoms with Gasteiger partial charge in [0, 0.05) is 26.1 Å². The maximum Gasteiger partial charge on any atom is 0.222 e. The van der Waals surface area contributed by atoms with E-state index in [0.717, 1.165) is 39.1 Å². The number of carbonyl (C=O) groups is 1. The second-order valence-corrected chi connectivity index (χ2v) is 5.06. The highest BCUT2D eigenvalue weighted by atomic mass is 16.2. The Morgan fingerprint density at radius 3 is 2.94 bits per heavy atom. The van der Waals surface area contributed by atoms with Crippen LogP contribution in [0.2, 0.25) is 0 Å². The molecule has 0 spiro atoms. The molecule has 1 fully saturated rings. The second kappa shape index (κ2) is 7.67. The van der Waals surface area contributed by atoms with Crippen LogP contribution in [0.1, 0.15) is 26.2 Å². The predicted octanol–water partition coefficient (Wildman–Crippen LogP) is 0.786. The fourth-order valence-corrected chi connectivity index (χ4v) is 2.35. The van der Waals surface area contributed by atoms with Crippen molar-refractivity contribution in [2.75, 3.05) is 46.8 Å². The summed E-state index contributed by atoms with van der Waals surface area (Å²) < 4.78 is 0. The molecule has 100 valence electrons. The number of rotatable bonds is 7. The number of amides is 1. The molecule has 0 aliphatic carbocycles. The van der Waals surface area contributed by atoms with Crippen LogP contribution < -0.4 is 5.32 Å². The zero-order valence-corrected chi connectivity index (χ0v) is 11.5. The number of hydrogen-bond acceptors (Lipinski definition) is 3. The highest BCUT2D eigenvalue weighted by molar-refractivity contribution is 5.76. The van der Waals surface area contributed by atoms with Crippen molar-refractivity contribution in [3.05, 3.63) is 0 Å². The molecule has 0 bridgehead atoms. The third-order valence-electron chi connectivity index (χ3n) is 3.57. The van der Waals surface area contributed by atoms with Gasteiger partial charge in [0.25, 0.3) is 0 Å². The van der Waals surface area contributed by atoms with E-state index in [1.807, 2.05) is 11.9 Å². The van der Waals surface area contributed by atoms with Gasteiger partial charge < -0.3 is 15.1 Å². The normalized spacial score (nSPS) is 20.2. The average Bonchev–Trinajstić information content (AvgIpc) is 2.77. The molecule has 1 atom stereocenters. The van der Waals surface area contributed by atoms with Gasteiger partial charge in [-0.15, -0.1) is 0 Å². The molecule has 0 aromatic carbocycles. The molecule has 0 saturated carbocycles. The summed E-state index contributed by atoms with van der Waals surface area (Å²) >= 11 is 0. The molecule has 1 N–H and O–H groups in total. The average molecular weight is 241 g/mol. The smallest absolute Gasteiger partial charge is 0.222 e. The maximum absolute atomic E-state index is 11.9. The molecule has 1 heterocycles. The summed E-state index contributed by atoms with van der Waals surface area (Å²) in [5, 5.41) is 3.08. The topological polar surface area (TPSA) is 35.6 Å². The van der Waals surface area contributed by atoms with Crippen molar-refractivity contribution in [1.29, 1.82) is 0 Å². The van der Waals surface area contributed by atoms with Gasteiger partial charge in [0.05, 0.1) is 0 Å². The van der Waals surface area contributed by atoms with Crippen molar-refractivity contribution in [2.45, 2.75) is 26.2 Å². The quantitative estimate of drug-likeness (QED) is 0.669. The van der Waals surface area contributed by atoms with E-state index in [4.69, 9.17) is 0 Å². The van der Waals surface area contributed by atoms with Crippen molar-refractivity contribution in [2.24, 2.45) is 5.92 Å². The standard InChI is InChI=1S/C13H27N3O/c1-4-15(3)10-12-7-9-16(11-12)13(17)6-5-8-14-2/h12,14H,4-11H2,1-3H3. The Kier molecular flexibility index (Phi) is 6.52. The van der Waals surface area contributed by atoms with Gasteiger partial charge in [0.15, 0.2) is 0 Å². The summed E-state index contributed by atoms with van der Waals surface area (Å²) in [4.78, 5) is 16.3. The van der Waals surface area contributed by atoms with Crippen LogP contribution in [0.4, 0.5) is 0 Å². The van der Waals surface area contributed by atoms with Crippen LogP contribution in [0.5, 0.6) is 0 Å². The van der Waals surface area contributed by atoms with Crippen LogP contribution in [0.3, 0.4) is 0 Å². The molecule has 1 saturated heterocycles. The lowest BCUT2D eigenvalue weighted by atomic mass is 10.1. The van der Waals surface area contributed by atoms with Gasteiger partial charge in [-0.2, -0.15) is 0 Å². The molecule has 17 heavy (non-hydrogen) atoms. The molecule has 1 unspecified atom stereocenters. The van der Waals surface area contributed by atoms with E-state index >= 15 is 0 Å². The van der Waals surface area contributed by atoms with E-state index in [-0.39, 0.29) is 0 Å². The van der Waals surface area contributed by atoms with E-state index in [9.17, 15) is 4.79 Å². The van der Waals surface area contributed by atoms with Crippen LogP contribution in [0.15, 0.2) is 0 Å². The number of likely N-dealkylation sites (tertiary alicyclic amines) is 1. The van der Waals surface area contributed by atoms with Crippen molar-refractivity contribution in [3.8, 4) is 0 Å². The molecule has 0 radical (unpaired) electrons. The fraction of sp³-hybridized carbons (Fsp3) is 0.923. The van der Waals surface area contributed by atoms with Crippen molar-refractivity contribution >= 4 is 5.91 Å². The lowest BCUT2D eigenvalue weighted by Gasteiger charge is -2.20. The number of carbonyl (C=O) groups excluding carboxylic acids is 1. The Hall–Kier alpha value is -0.610. The molecule has 1 aliphatic heterocycles. The number of hydrogen-bond donors (Lipinski definition) is 1. The zero-order chi connectivity index (χ0) is 12.7. The van der Waals surface area contributed by atoms with E-state index in [0.29, 0.717) is 18.2 Å². The first-order chi connectivity index (χ1) is 8.17. The zero-order valence-electron chi connectivity index (χ0n) is 11.5. The Morgan fingerprint density at radius 1 is 1.53 bits per heavy atom. The highest BCUT2D eigenvalue weighted by Crippen LogP contribution is 2.18. The van der Waals surface area contributed by atoms with Crippen LogP contribution in [0, 0.1) is 5.92 Å². The third-order valence-corrected chi connectivity index (χ3v) is 3.57. The first kappa shape index (κ1) is 14.5. The van der Waals surface area contributed by atoms with Gasteiger partial charge in [-0.3, -0.25) is 4.79 Å². The van der Waals surface area contributed by atoms with Crippen LogP contribution in [-0.2, 0) is 4.79 Å². The van der Waals surface area contributed by atoms with Crippen LogP contribution in [0.25, 0.3) is 0 Å². The molecule has 1 rings (SSSR count). The monoisotopic (exact) mass is 241 g/mol. The first-order valence-electron chi connectivity index (χ1n) is 6.78. The summed E-state index contributed by atoms with van der Waals surface area (Å²) in [5.41, 5.74) is 0. The lowest BCUT2D eigenvalue weighted by molar-refractivity contribution is -0.130. The summed E-state index contributed by atoms with van der Waals surface area (Å²) in [6.07, 6.45) is 2.81. The predicted molar refractivity (Wildman–Crippen MR) is 71.0 cm³/mol. The highest BCUT2D eigenvalue weighted by Gasteiger charge is 2.26. The maximum atomic E-state index is 11.9. The summed E-state index contributed by atoms with van der Waals surface area (Å²) in [6, 6.07) is 0. The largest absolute Gasteiger partial charge is 0.342 e. The van der Waals surface area contributed by atoms with Crippen molar-refractivity contribution < 1.29 is 4.79 Å². The third kappa shape index (κ3) is 5.04. The van der Waals surface area contributed by atoms with E-state index in [1.165, 1.54) is 6.42 Å². The minimum Gasteiger partial charge on any atom is -0.342 e. The fourth-order valence-electron chi connectivity index (χ4n) is 2.35. The minimum atomic E-state index is 0.335. The molecule has 1 aliphatic rings. The molecule has 4 nitrogen and oxygen atoms in total. The summed E-state index contributed by atoms with van der Waals surface area (Å²) in [6.45, 7) is 7.24. The summed E-state index contributed by atoms with van der Waals surface area (Å²) in [7, 11) is 4.08. The Labute approximate surface area is 105 Å². The van der Waals surface area contributed by atoms with Crippen LogP contribution >= 0.6 is 0 Å². The van der Waals surface area contributed by atoms with Gasteiger partial charge >= 0.3 is 0 Å². The van der Waals surface area contributed by atoms with Gasteiger partial charge in [0.1, 0.15) is 0 Å². The van der Waals surface area contributed by atoms with E-state index in [1.54, 1.807) is 0 Å². The number of nitrogens with zero attached hydrogens (tertiary/aromatic N) is 2. The molecule has 4 heteroatoms. The van der Waals surface area contributed by atoms with Crippen molar-refractivity contribution in [1.82, 2.24) is 15.1 Å². The molecular weight excluding hydrogens is 214 g/mol.